The molecule has 0 saturated carbocycles. The van der Waals surface area contributed by atoms with Gasteiger partial charge in [0.05, 0.1) is 28.5 Å². The molecule has 0 aliphatic heterocycles. The molecular weight excluding hydrogens is 466 g/mol. The van der Waals surface area contributed by atoms with Crippen molar-refractivity contribution < 1.29 is 4.39 Å². The second kappa shape index (κ2) is 8.46. The normalized spacial score (nSPS) is 12.4. The molecule has 0 spiro atoms. The second-order valence-corrected chi connectivity index (χ2v) is 8.28. The third-order valence-corrected chi connectivity index (χ3v) is 6.02. The third kappa shape index (κ3) is 3.71. The molecule has 33 heavy (non-hydrogen) atoms. The van der Waals surface area contributed by atoms with Crippen LogP contribution in [0.3, 0.4) is 0 Å². The van der Waals surface area contributed by atoms with Gasteiger partial charge in [0.25, 0.3) is 5.56 Å². The van der Waals surface area contributed by atoms with Gasteiger partial charge in [0.15, 0.2) is 11.5 Å². The smallest absolute Gasteiger partial charge is 0.266 e. The van der Waals surface area contributed by atoms with Crippen LogP contribution in [0.4, 0.5) is 10.2 Å². The first kappa shape index (κ1) is 21.4. The van der Waals surface area contributed by atoms with E-state index in [0.717, 1.165) is 0 Å². The summed E-state index contributed by atoms with van der Waals surface area (Å²) in [4.78, 5) is 29.4. The maximum Gasteiger partial charge on any atom is 0.266 e. The molecule has 0 aliphatic carbocycles. The molecule has 0 amide bonds. The van der Waals surface area contributed by atoms with Gasteiger partial charge in [-0.15, -0.1) is 0 Å². The second-order valence-electron chi connectivity index (χ2n) is 7.44. The van der Waals surface area contributed by atoms with Gasteiger partial charge in [-0.2, -0.15) is 0 Å². The molecule has 0 saturated heterocycles. The van der Waals surface area contributed by atoms with Crippen molar-refractivity contribution in [2.24, 2.45) is 0 Å². The molecule has 7 nitrogen and oxygen atoms in total. The van der Waals surface area contributed by atoms with Gasteiger partial charge in [0.2, 0.25) is 0 Å². The Morgan fingerprint density at radius 1 is 1.15 bits per heavy atom. The van der Waals surface area contributed by atoms with Crippen molar-refractivity contribution in [2.45, 2.75) is 19.4 Å². The van der Waals surface area contributed by atoms with Crippen molar-refractivity contribution >= 4 is 51.0 Å². The number of hydrogen-bond donors (Lipinski definition) is 2. The maximum absolute atomic E-state index is 14.7. The number of nitrogens with one attached hydrogen (secondary N) is 2. The van der Waals surface area contributed by atoms with E-state index >= 15 is 0 Å². The highest BCUT2D eigenvalue weighted by atomic mass is 35.5. The first-order valence-electron chi connectivity index (χ1n) is 10.2. The lowest BCUT2D eigenvalue weighted by atomic mass is 10.0. The van der Waals surface area contributed by atoms with E-state index in [1.54, 1.807) is 36.4 Å². The summed E-state index contributed by atoms with van der Waals surface area (Å²) < 4.78 is 16.1. The lowest BCUT2D eigenvalue weighted by molar-refractivity contribution is 0.635. The van der Waals surface area contributed by atoms with E-state index in [1.165, 1.54) is 23.3 Å². The van der Waals surface area contributed by atoms with E-state index in [9.17, 15) is 9.18 Å². The van der Waals surface area contributed by atoms with Gasteiger partial charge in [-0.1, -0.05) is 42.3 Å². The van der Waals surface area contributed by atoms with Crippen molar-refractivity contribution in [1.82, 2.24) is 24.5 Å². The first-order chi connectivity index (χ1) is 16.0. The summed E-state index contributed by atoms with van der Waals surface area (Å²) >= 11 is 12.7. The molecule has 2 aromatic carbocycles. The zero-order valence-corrected chi connectivity index (χ0v) is 18.8. The van der Waals surface area contributed by atoms with E-state index in [4.69, 9.17) is 23.2 Å². The van der Waals surface area contributed by atoms with Crippen molar-refractivity contribution in [3.05, 3.63) is 87.0 Å². The summed E-state index contributed by atoms with van der Waals surface area (Å²) in [6.45, 7) is 1.96. The van der Waals surface area contributed by atoms with Crippen molar-refractivity contribution in [3.8, 4) is 5.69 Å². The lowest BCUT2D eigenvalue weighted by Crippen LogP contribution is -2.27. The predicted molar refractivity (Wildman–Crippen MR) is 128 cm³/mol. The molecule has 3 aromatic heterocycles. The first-order valence-corrected chi connectivity index (χ1v) is 10.9. The van der Waals surface area contributed by atoms with E-state index in [0.29, 0.717) is 50.2 Å². The summed E-state index contributed by atoms with van der Waals surface area (Å²) in [5, 5.41) is 4.53. The van der Waals surface area contributed by atoms with Crippen molar-refractivity contribution in [1.29, 1.82) is 0 Å². The van der Waals surface area contributed by atoms with Gasteiger partial charge in [-0.25, -0.2) is 19.3 Å². The topological polar surface area (TPSA) is 88.5 Å². The van der Waals surface area contributed by atoms with Gasteiger partial charge in [0, 0.05) is 10.7 Å². The van der Waals surface area contributed by atoms with Gasteiger partial charge in [0.1, 0.15) is 17.7 Å². The molecule has 1 atom stereocenters. The Balaban J connectivity index is 1.78. The van der Waals surface area contributed by atoms with Gasteiger partial charge in [-0.05, 0) is 42.1 Å². The van der Waals surface area contributed by atoms with Crippen LogP contribution in [0, 0.1) is 5.82 Å². The standard InChI is InChI=1S/C23H17Cl2FN6O/c1-2-16(31-22-20-21(28-10-27-20)29-11-30-22)18-8-12-4-3-5-15(26)19(12)23(33)32(18)17-9-13(24)6-7-14(17)25/h3-11,16H,2H2,1H3,(H2,27,28,29,30,31)/t16-/m0/s1. The number of benzene rings is 2. The predicted octanol–water partition coefficient (Wildman–Crippen LogP) is 5.67. The fourth-order valence-corrected chi connectivity index (χ4v) is 4.29. The average molecular weight is 483 g/mol. The van der Waals surface area contributed by atoms with Crippen LogP contribution in [0.15, 0.2) is 59.9 Å². The molecule has 0 fully saturated rings. The lowest BCUT2D eigenvalue weighted by Gasteiger charge is -2.24. The van der Waals surface area contributed by atoms with Gasteiger partial charge in [-0.3, -0.25) is 9.36 Å². The van der Waals surface area contributed by atoms with Crippen LogP contribution in [0.2, 0.25) is 10.0 Å². The Hall–Kier alpha value is -3.49. The summed E-state index contributed by atoms with van der Waals surface area (Å²) in [7, 11) is 0. The van der Waals surface area contributed by atoms with Crippen molar-refractivity contribution in [3.63, 3.8) is 0 Å². The highest BCUT2D eigenvalue weighted by Gasteiger charge is 2.22. The Morgan fingerprint density at radius 2 is 2.00 bits per heavy atom. The molecule has 166 valence electrons. The third-order valence-electron chi connectivity index (χ3n) is 5.47. The summed E-state index contributed by atoms with van der Waals surface area (Å²) in [6.07, 6.45) is 3.53. The molecular formula is C23H17Cl2FN6O. The van der Waals surface area contributed by atoms with Gasteiger partial charge >= 0.3 is 0 Å². The number of rotatable bonds is 5. The summed E-state index contributed by atoms with van der Waals surface area (Å²) in [5.74, 6) is -0.102. The van der Waals surface area contributed by atoms with Gasteiger partial charge < -0.3 is 10.3 Å². The Bertz CT molecular complexity index is 1560. The average Bonchev–Trinajstić information content (AvgIpc) is 3.29. The summed E-state index contributed by atoms with van der Waals surface area (Å²) in [6, 6.07) is 10.7. The number of imidazole rings is 1. The molecule has 2 N–H and O–H groups in total. The number of halogens is 3. The van der Waals surface area contributed by atoms with E-state index < -0.39 is 17.4 Å². The van der Waals surface area contributed by atoms with E-state index in [1.807, 2.05) is 6.92 Å². The molecule has 3 heterocycles. The van der Waals surface area contributed by atoms with Crippen LogP contribution in [-0.2, 0) is 0 Å². The zero-order valence-electron chi connectivity index (χ0n) is 17.3. The minimum Gasteiger partial charge on any atom is -0.360 e. The number of aromatic nitrogens is 5. The molecule has 0 bridgehead atoms. The highest BCUT2D eigenvalue weighted by molar-refractivity contribution is 6.34. The number of aromatic amines is 1. The van der Waals surface area contributed by atoms with Crippen LogP contribution in [0.5, 0.6) is 0 Å². The van der Waals surface area contributed by atoms with E-state index in [-0.39, 0.29) is 5.39 Å². The fourth-order valence-electron chi connectivity index (χ4n) is 3.92. The van der Waals surface area contributed by atoms with Crippen LogP contribution >= 0.6 is 23.2 Å². The summed E-state index contributed by atoms with van der Waals surface area (Å²) in [5.41, 5.74) is 1.56. The minimum absolute atomic E-state index is 0.0242. The molecule has 5 rings (SSSR count). The van der Waals surface area contributed by atoms with Crippen LogP contribution < -0.4 is 10.9 Å². The highest BCUT2D eigenvalue weighted by Crippen LogP contribution is 2.31. The minimum atomic E-state index is -0.606. The Kier molecular flexibility index (Phi) is 5.47. The monoisotopic (exact) mass is 482 g/mol. The van der Waals surface area contributed by atoms with Crippen molar-refractivity contribution in [2.75, 3.05) is 5.32 Å². The zero-order chi connectivity index (χ0) is 23.1. The molecule has 0 unspecified atom stereocenters. The van der Waals surface area contributed by atoms with Crippen LogP contribution in [0.1, 0.15) is 25.1 Å². The molecule has 0 aliphatic rings. The van der Waals surface area contributed by atoms with E-state index in [2.05, 4.69) is 25.3 Å². The fraction of sp³-hybridized carbons (Fsp3) is 0.130. The Labute approximate surface area is 197 Å². The van der Waals surface area contributed by atoms with Crippen LogP contribution in [-0.4, -0.2) is 24.5 Å². The molecule has 5 aromatic rings. The number of pyridine rings is 1. The number of hydrogen-bond acceptors (Lipinski definition) is 5. The number of fused-ring (bicyclic) bond motifs is 2. The SMILES string of the molecule is CC[C@H](Nc1ncnc2[nH]cnc12)c1cc2cccc(F)c2c(=O)n1-c1cc(Cl)ccc1Cl. The number of anilines is 1. The number of H-pyrrole nitrogens is 1. The quantitative estimate of drug-likeness (QED) is 0.337. The largest absolute Gasteiger partial charge is 0.360 e. The maximum atomic E-state index is 14.7. The molecule has 10 heteroatoms. The Morgan fingerprint density at radius 3 is 2.82 bits per heavy atom. The molecule has 0 radical (unpaired) electrons. The number of nitrogens with zero attached hydrogens (tertiary/aromatic N) is 4. The van der Waals surface area contributed by atoms with Crippen LogP contribution in [0.25, 0.3) is 27.6 Å².